The summed E-state index contributed by atoms with van der Waals surface area (Å²) in [5, 5.41) is 0. The topological polar surface area (TPSA) is 26.0 Å². The summed E-state index contributed by atoms with van der Waals surface area (Å²) in [5.74, 6) is 1.63. The summed E-state index contributed by atoms with van der Waals surface area (Å²) < 4.78 is 0. The van der Waals surface area contributed by atoms with E-state index in [2.05, 4.69) is 0 Å². The van der Waals surface area contributed by atoms with Gasteiger partial charge in [-0.2, -0.15) is 0 Å². The first-order valence-electron chi connectivity index (χ1n) is 6.32. The molecule has 0 unspecified atom stereocenters. The SMILES string of the molecule is N[C@@H]1[C@@H]2CCC[C@H]1C1=C(CCCC1)C2. The molecule has 78 valence electrons. The molecule has 0 saturated heterocycles. The van der Waals surface area contributed by atoms with E-state index in [9.17, 15) is 0 Å². The average molecular weight is 191 g/mol. The zero-order chi connectivity index (χ0) is 9.54. The van der Waals surface area contributed by atoms with Crippen molar-refractivity contribution in [3.63, 3.8) is 0 Å². The molecule has 1 fully saturated rings. The number of hydrogen-bond donors (Lipinski definition) is 1. The minimum atomic E-state index is 0.514. The van der Waals surface area contributed by atoms with Crippen LogP contribution in [0.5, 0.6) is 0 Å². The van der Waals surface area contributed by atoms with Crippen molar-refractivity contribution < 1.29 is 0 Å². The van der Waals surface area contributed by atoms with Crippen LogP contribution in [0.15, 0.2) is 11.1 Å². The highest BCUT2D eigenvalue weighted by Crippen LogP contribution is 2.47. The van der Waals surface area contributed by atoms with E-state index in [1.54, 1.807) is 5.57 Å². The average Bonchev–Trinajstić information content (AvgIpc) is 2.18. The third-order valence-electron chi connectivity index (χ3n) is 4.68. The predicted molar refractivity (Wildman–Crippen MR) is 58.9 cm³/mol. The lowest BCUT2D eigenvalue weighted by Crippen LogP contribution is -2.45. The summed E-state index contributed by atoms with van der Waals surface area (Å²) in [6.07, 6.45) is 11.2. The second-order valence-electron chi connectivity index (χ2n) is 5.41. The summed E-state index contributed by atoms with van der Waals surface area (Å²) in [4.78, 5) is 0. The lowest BCUT2D eigenvalue weighted by molar-refractivity contribution is 0.213. The summed E-state index contributed by atoms with van der Waals surface area (Å²) in [6.45, 7) is 0. The fourth-order valence-electron chi connectivity index (χ4n) is 3.95. The first kappa shape index (κ1) is 8.96. The Morgan fingerprint density at radius 2 is 1.86 bits per heavy atom. The molecule has 2 bridgehead atoms. The van der Waals surface area contributed by atoms with E-state index in [4.69, 9.17) is 5.73 Å². The highest BCUT2D eigenvalue weighted by molar-refractivity contribution is 5.26. The number of allylic oxidation sites excluding steroid dienone is 1. The van der Waals surface area contributed by atoms with Crippen LogP contribution < -0.4 is 5.73 Å². The fourth-order valence-corrected chi connectivity index (χ4v) is 3.95. The summed E-state index contributed by atoms with van der Waals surface area (Å²) >= 11 is 0. The van der Waals surface area contributed by atoms with Crippen molar-refractivity contribution in [3.05, 3.63) is 11.1 Å². The smallest absolute Gasteiger partial charge is 0.0136 e. The zero-order valence-electron chi connectivity index (χ0n) is 8.97. The molecule has 0 heterocycles. The molecule has 3 aliphatic carbocycles. The molecular formula is C13H21N. The van der Waals surface area contributed by atoms with Crippen molar-refractivity contribution in [2.75, 3.05) is 0 Å². The van der Waals surface area contributed by atoms with Gasteiger partial charge in [0, 0.05) is 6.04 Å². The van der Waals surface area contributed by atoms with Crippen LogP contribution in [0.1, 0.15) is 51.4 Å². The number of nitrogens with two attached hydrogens (primary N) is 1. The normalized spacial score (nSPS) is 42.2. The van der Waals surface area contributed by atoms with Crippen molar-refractivity contribution in [1.82, 2.24) is 0 Å². The first-order valence-corrected chi connectivity index (χ1v) is 6.32. The highest BCUT2D eigenvalue weighted by atomic mass is 14.7. The van der Waals surface area contributed by atoms with Gasteiger partial charge < -0.3 is 5.73 Å². The minimum absolute atomic E-state index is 0.514. The van der Waals surface area contributed by atoms with Crippen molar-refractivity contribution >= 4 is 0 Å². The predicted octanol–water partition coefficient (Wildman–Crippen LogP) is 3.00. The van der Waals surface area contributed by atoms with Crippen LogP contribution in [0.4, 0.5) is 0 Å². The van der Waals surface area contributed by atoms with E-state index in [0.29, 0.717) is 6.04 Å². The molecule has 0 radical (unpaired) electrons. The Hall–Kier alpha value is -0.300. The van der Waals surface area contributed by atoms with Gasteiger partial charge in [0.2, 0.25) is 0 Å². The third kappa shape index (κ3) is 1.25. The quantitative estimate of drug-likeness (QED) is 0.585. The van der Waals surface area contributed by atoms with E-state index < -0.39 is 0 Å². The van der Waals surface area contributed by atoms with Crippen LogP contribution in [-0.2, 0) is 0 Å². The van der Waals surface area contributed by atoms with Gasteiger partial charge in [0.15, 0.2) is 0 Å². The molecule has 0 aromatic carbocycles. The Morgan fingerprint density at radius 3 is 2.79 bits per heavy atom. The molecular weight excluding hydrogens is 170 g/mol. The Bertz CT molecular complexity index is 266. The molecule has 0 aliphatic heterocycles. The maximum atomic E-state index is 6.36. The van der Waals surface area contributed by atoms with Crippen LogP contribution in [0, 0.1) is 11.8 Å². The fraction of sp³-hybridized carbons (Fsp3) is 0.846. The van der Waals surface area contributed by atoms with Gasteiger partial charge in [0.25, 0.3) is 0 Å². The second kappa shape index (κ2) is 3.37. The van der Waals surface area contributed by atoms with E-state index in [-0.39, 0.29) is 0 Å². The summed E-state index contributed by atoms with van der Waals surface area (Å²) in [6, 6.07) is 0.514. The van der Waals surface area contributed by atoms with Crippen molar-refractivity contribution in [2.45, 2.75) is 57.4 Å². The van der Waals surface area contributed by atoms with Crippen molar-refractivity contribution in [2.24, 2.45) is 17.6 Å². The molecule has 0 aromatic rings. The summed E-state index contributed by atoms with van der Waals surface area (Å²) in [5.41, 5.74) is 9.99. The van der Waals surface area contributed by atoms with Crippen LogP contribution >= 0.6 is 0 Å². The van der Waals surface area contributed by atoms with Gasteiger partial charge in [-0.1, -0.05) is 17.6 Å². The Kier molecular flexibility index (Phi) is 2.16. The molecule has 3 atom stereocenters. The molecule has 1 nitrogen and oxygen atoms in total. The van der Waals surface area contributed by atoms with Gasteiger partial charge in [-0.05, 0) is 56.8 Å². The Morgan fingerprint density at radius 1 is 1.00 bits per heavy atom. The maximum absolute atomic E-state index is 6.36. The standard InChI is InChI=1S/C13H21N/c14-13-10-5-3-7-12(13)11-6-2-1-4-9(11)8-10/h10,12-13H,1-8,14H2/t10-,12+,13-/m1/s1. The van der Waals surface area contributed by atoms with E-state index in [1.807, 2.05) is 5.57 Å². The third-order valence-corrected chi connectivity index (χ3v) is 4.68. The van der Waals surface area contributed by atoms with Crippen LogP contribution in [-0.4, -0.2) is 6.04 Å². The van der Waals surface area contributed by atoms with E-state index in [1.165, 1.54) is 51.4 Å². The maximum Gasteiger partial charge on any atom is 0.0136 e. The molecule has 0 aromatic heterocycles. The zero-order valence-corrected chi connectivity index (χ0v) is 8.97. The molecule has 2 N–H and O–H groups in total. The first-order chi connectivity index (χ1) is 6.86. The minimum Gasteiger partial charge on any atom is -0.327 e. The van der Waals surface area contributed by atoms with Crippen LogP contribution in [0.2, 0.25) is 0 Å². The van der Waals surface area contributed by atoms with Gasteiger partial charge in [0.1, 0.15) is 0 Å². The highest BCUT2D eigenvalue weighted by Gasteiger charge is 2.38. The van der Waals surface area contributed by atoms with Crippen molar-refractivity contribution in [1.29, 1.82) is 0 Å². The Labute approximate surface area is 86.8 Å². The van der Waals surface area contributed by atoms with Gasteiger partial charge in [-0.15, -0.1) is 0 Å². The van der Waals surface area contributed by atoms with E-state index in [0.717, 1.165) is 11.8 Å². The largest absolute Gasteiger partial charge is 0.327 e. The van der Waals surface area contributed by atoms with Crippen molar-refractivity contribution in [3.8, 4) is 0 Å². The van der Waals surface area contributed by atoms with Gasteiger partial charge in [0.05, 0.1) is 0 Å². The van der Waals surface area contributed by atoms with Crippen LogP contribution in [0.3, 0.4) is 0 Å². The Balaban J connectivity index is 1.95. The molecule has 0 spiro atoms. The number of fused-ring (bicyclic) bond motifs is 3. The molecule has 14 heavy (non-hydrogen) atoms. The van der Waals surface area contributed by atoms with Gasteiger partial charge >= 0.3 is 0 Å². The number of hydrogen-bond acceptors (Lipinski definition) is 1. The monoisotopic (exact) mass is 191 g/mol. The lowest BCUT2D eigenvalue weighted by Gasteiger charge is -2.44. The van der Waals surface area contributed by atoms with Gasteiger partial charge in [-0.25, -0.2) is 0 Å². The molecule has 1 saturated carbocycles. The van der Waals surface area contributed by atoms with Crippen LogP contribution in [0.25, 0.3) is 0 Å². The molecule has 3 aliphatic rings. The molecule has 1 heteroatoms. The van der Waals surface area contributed by atoms with Gasteiger partial charge in [-0.3, -0.25) is 0 Å². The number of rotatable bonds is 0. The second-order valence-corrected chi connectivity index (χ2v) is 5.41. The lowest BCUT2D eigenvalue weighted by atomic mass is 9.63. The molecule has 3 rings (SSSR count). The summed E-state index contributed by atoms with van der Waals surface area (Å²) in [7, 11) is 0. The molecule has 0 amide bonds. The van der Waals surface area contributed by atoms with E-state index >= 15 is 0 Å².